The van der Waals surface area contributed by atoms with Crippen molar-refractivity contribution in [1.29, 1.82) is 0 Å². The Morgan fingerprint density at radius 1 is 1.32 bits per heavy atom. The lowest BCUT2D eigenvalue weighted by Crippen LogP contribution is -2.23. The molecule has 0 bridgehead atoms. The topological polar surface area (TPSA) is 75.2 Å². The van der Waals surface area contributed by atoms with E-state index in [1.54, 1.807) is 39.0 Å². The van der Waals surface area contributed by atoms with E-state index in [4.69, 9.17) is 15.2 Å². The summed E-state index contributed by atoms with van der Waals surface area (Å²) in [4.78, 5) is 8.27. The zero-order valence-corrected chi connectivity index (χ0v) is 11.1. The van der Waals surface area contributed by atoms with Gasteiger partial charge >= 0.3 is 0 Å². The van der Waals surface area contributed by atoms with Crippen LogP contribution in [0, 0.1) is 0 Å². The largest absolute Gasteiger partial charge is 0.384 e. The Hall–Kier alpha value is -1.92. The first-order valence-electron chi connectivity index (χ1n) is 5.98. The molecule has 0 saturated heterocycles. The lowest BCUT2D eigenvalue weighted by Gasteiger charge is -2.16. The SMILES string of the molecule is COCC(Cn1cncc1-c1ccc(N)nc1)OC. The van der Waals surface area contributed by atoms with Gasteiger partial charge in [0.25, 0.3) is 0 Å². The van der Waals surface area contributed by atoms with E-state index in [1.807, 2.05) is 10.6 Å². The van der Waals surface area contributed by atoms with E-state index >= 15 is 0 Å². The van der Waals surface area contributed by atoms with Gasteiger partial charge in [-0.15, -0.1) is 0 Å². The quantitative estimate of drug-likeness (QED) is 0.846. The molecular weight excluding hydrogens is 244 g/mol. The van der Waals surface area contributed by atoms with Crippen LogP contribution in [-0.4, -0.2) is 41.5 Å². The predicted molar refractivity (Wildman–Crippen MR) is 72.5 cm³/mol. The predicted octanol–water partition coefficient (Wildman–Crippen LogP) is 1.19. The van der Waals surface area contributed by atoms with Crippen LogP contribution in [0.4, 0.5) is 5.82 Å². The number of aromatic nitrogens is 3. The monoisotopic (exact) mass is 262 g/mol. The van der Waals surface area contributed by atoms with Crippen LogP contribution in [-0.2, 0) is 16.0 Å². The maximum absolute atomic E-state index is 5.59. The first kappa shape index (κ1) is 13.5. The van der Waals surface area contributed by atoms with Crippen LogP contribution < -0.4 is 5.73 Å². The van der Waals surface area contributed by atoms with Crippen LogP contribution in [0.2, 0.25) is 0 Å². The molecule has 0 spiro atoms. The second kappa shape index (κ2) is 6.31. The lowest BCUT2D eigenvalue weighted by molar-refractivity contribution is 0.0186. The molecule has 0 aliphatic rings. The van der Waals surface area contributed by atoms with Gasteiger partial charge in [-0.1, -0.05) is 0 Å². The number of ether oxygens (including phenoxy) is 2. The van der Waals surface area contributed by atoms with Crippen molar-refractivity contribution >= 4 is 5.82 Å². The molecule has 0 aromatic carbocycles. The molecule has 2 aromatic heterocycles. The van der Waals surface area contributed by atoms with Gasteiger partial charge in [0, 0.05) is 26.0 Å². The number of pyridine rings is 1. The van der Waals surface area contributed by atoms with Gasteiger partial charge in [-0.05, 0) is 12.1 Å². The van der Waals surface area contributed by atoms with Crippen molar-refractivity contribution in [2.24, 2.45) is 0 Å². The fraction of sp³-hybridized carbons (Fsp3) is 0.385. The van der Waals surface area contributed by atoms with E-state index in [1.165, 1.54) is 0 Å². The maximum atomic E-state index is 5.59. The van der Waals surface area contributed by atoms with Gasteiger partial charge < -0.3 is 19.8 Å². The molecule has 102 valence electrons. The van der Waals surface area contributed by atoms with Crippen LogP contribution in [0.25, 0.3) is 11.3 Å². The standard InChI is InChI=1S/C13H18N4O2/c1-18-8-11(19-2)7-17-9-15-6-12(17)10-3-4-13(14)16-5-10/h3-6,9,11H,7-8H2,1-2H3,(H2,14,16). The summed E-state index contributed by atoms with van der Waals surface area (Å²) in [5.41, 5.74) is 7.54. The normalized spacial score (nSPS) is 12.5. The Bertz CT molecular complexity index is 510. The van der Waals surface area contributed by atoms with E-state index in [2.05, 4.69) is 9.97 Å². The molecule has 19 heavy (non-hydrogen) atoms. The summed E-state index contributed by atoms with van der Waals surface area (Å²) in [6, 6.07) is 3.70. The number of anilines is 1. The number of nitrogens with zero attached hydrogens (tertiary/aromatic N) is 3. The number of nitrogens with two attached hydrogens (primary N) is 1. The number of nitrogen functional groups attached to an aromatic ring is 1. The Labute approximate surface area is 112 Å². The van der Waals surface area contributed by atoms with Crippen molar-refractivity contribution in [3.05, 3.63) is 30.9 Å². The van der Waals surface area contributed by atoms with E-state index in [0.29, 0.717) is 19.0 Å². The Kier molecular flexibility index (Phi) is 4.48. The molecule has 0 fully saturated rings. The molecule has 2 heterocycles. The van der Waals surface area contributed by atoms with Gasteiger partial charge in [0.1, 0.15) is 5.82 Å². The summed E-state index contributed by atoms with van der Waals surface area (Å²) in [5, 5.41) is 0. The smallest absolute Gasteiger partial charge is 0.123 e. The Morgan fingerprint density at radius 3 is 2.79 bits per heavy atom. The van der Waals surface area contributed by atoms with E-state index in [-0.39, 0.29) is 6.10 Å². The molecule has 0 saturated carbocycles. The summed E-state index contributed by atoms with van der Waals surface area (Å²) in [5.74, 6) is 0.504. The first-order chi connectivity index (χ1) is 9.24. The Morgan fingerprint density at radius 2 is 2.16 bits per heavy atom. The minimum atomic E-state index is -0.0142. The minimum Gasteiger partial charge on any atom is -0.384 e. The highest BCUT2D eigenvalue weighted by atomic mass is 16.5. The van der Waals surface area contributed by atoms with Crippen LogP contribution in [0.3, 0.4) is 0 Å². The number of hydrogen-bond acceptors (Lipinski definition) is 5. The van der Waals surface area contributed by atoms with Gasteiger partial charge in [-0.2, -0.15) is 0 Å². The highest BCUT2D eigenvalue weighted by molar-refractivity contribution is 5.59. The zero-order chi connectivity index (χ0) is 13.7. The van der Waals surface area contributed by atoms with Crippen molar-refractivity contribution in [2.45, 2.75) is 12.6 Å². The van der Waals surface area contributed by atoms with Crippen LogP contribution in [0.5, 0.6) is 0 Å². The van der Waals surface area contributed by atoms with Crippen molar-refractivity contribution in [3.63, 3.8) is 0 Å². The van der Waals surface area contributed by atoms with Gasteiger partial charge in [0.2, 0.25) is 0 Å². The number of rotatable bonds is 6. The van der Waals surface area contributed by atoms with Crippen molar-refractivity contribution in [1.82, 2.24) is 14.5 Å². The summed E-state index contributed by atoms with van der Waals surface area (Å²) < 4.78 is 12.5. The number of methoxy groups -OCH3 is 2. The molecule has 1 atom stereocenters. The Balaban J connectivity index is 2.19. The van der Waals surface area contributed by atoms with Gasteiger partial charge in [-0.25, -0.2) is 9.97 Å². The highest BCUT2D eigenvalue weighted by Gasteiger charge is 2.12. The number of hydrogen-bond donors (Lipinski definition) is 1. The van der Waals surface area contributed by atoms with Crippen LogP contribution in [0.1, 0.15) is 0 Å². The molecule has 0 radical (unpaired) electrons. The fourth-order valence-electron chi connectivity index (χ4n) is 1.86. The second-order valence-electron chi connectivity index (χ2n) is 4.22. The molecule has 0 aliphatic carbocycles. The van der Waals surface area contributed by atoms with Gasteiger partial charge in [0.15, 0.2) is 0 Å². The van der Waals surface area contributed by atoms with E-state index < -0.39 is 0 Å². The molecule has 2 rings (SSSR count). The zero-order valence-electron chi connectivity index (χ0n) is 11.1. The summed E-state index contributed by atoms with van der Waals surface area (Å²) in [7, 11) is 3.33. The molecule has 0 amide bonds. The second-order valence-corrected chi connectivity index (χ2v) is 4.22. The third kappa shape index (κ3) is 3.30. The summed E-state index contributed by atoms with van der Waals surface area (Å²) >= 11 is 0. The highest BCUT2D eigenvalue weighted by Crippen LogP contribution is 2.19. The van der Waals surface area contributed by atoms with E-state index in [9.17, 15) is 0 Å². The average Bonchev–Trinajstić information content (AvgIpc) is 2.87. The van der Waals surface area contributed by atoms with Crippen LogP contribution >= 0.6 is 0 Å². The van der Waals surface area contributed by atoms with Gasteiger partial charge in [0.05, 0.1) is 37.5 Å². The molecule has 6 nitrogen and oxygen atoms in total. The lowest BCUT2D eigenvalue weighted by atomic mass is 10.2. The molecule has 2 aromatic rings. The molecule has 1 unspecified atom stereocenters. The summed E-state index contributed by atoms with van der Waals surface area (Å²) in [6.07, 6.45) is 5.29. The van der Waals surface area contributed by atoms with E-state index in [0.717, 1.165) is 11.3 Å². The molecular formula is C13H18N4O2. The van der Waals surface area contributed by atoms with Crippen molar-refractivity contribution in [2.75, 3.05) is 26.6 Å². The molecule has 2 N–H and O–H groups in total. The number of imidazole rings is 1. The first-order valence-corrected chi connectivity index (χ1v) is 5.98. The third-order valence-corrected chi connectivity index (χ3v) is 2.88. The van der Waals surface area contributed by atoms with Crippen molar-refractivity contribution < 1.29 is 9.47 Å². The molecule has 0 aliphatic heterocycles. The van der Waals surface area contributed by atoms with Crippen molar-refractivity contribution in [3.8, 4) is 11.3 Å². The third-order valence-electron chi connectivity index (χ3n) is 2.88. The molecule has 6 heteroatoms. The van der Waals surface area contributed by atoms with Crippen LogP contribution in [0.15, 0.2) is 30.9 Å². The average molecular weight is 262 g/mol. The van der Waals surface area contributed by atoms with Gasteiger partial charge in [-0.3, -0.25) is 0 Å². The maximum Gasteiger partial charge on any atom is 0.123 e. The summed E-state index contributed by atoms with van der Waals surface area (Å²) in [6.45, 7) is 1.21. The fourth-order valence-corrected chi connectivity index (χ4v) is 1.86. The minimum absolute atomic E-state index is 0.0142.